The molecule has 2 N–H and O–H groups in total. The van der Waals surface area contributed by atoms with E-state index in [4.69, 9.17) is 4.74 Å². The van der Waals surface area contributed by atoms with E-state index in [2.05, 4.69) is 5.32 Å². The summed E-state index contributed by atoms with van der Waals surface area (Å²) in [6, 6.07) is 12.2. The largest absolute Gasteiger partial charge is 0.508 e. The number of rotatable bonds is 7. The Morgan fingerprint density at radius 3 is 2.68 bits per heavy atom. The molecule has 25 heavy (non-hydrogen) atoms. The van der Waals surface area contributed by atoms with Crippen molar-refractivity contribution in [2.45, 2.75) is 30.6 Å². The van der Waals surface area contributed by atoms with Gasteiger partial charge in [-0.25, -0.2) is 0 Å². The second-order valence-electron chi connectivity index (χ2n) is 5.97. The van der Waals surface area contributed by atoms with Crippen molar-refractivity contribution in [3.8, 4) is 11.5 Å². The van der Waals surface area contributed by atoms with Gasteiger partial charge in [0.1, 0.15) is 11.5 Å². The summed E-state index contributed by atoms with van der Waals surface area (Å²) in [6.45, 7) is 0.567. The SMILES string of the molecule is O=C1CCc2cc(OCCCCS(=O)c3ccc(O)cc3)ccc2N1. The second-order valence-corrected chi connectivity index (χ2v) is 7.54. The van der Waals surface area contributed by atoms with Crippen molar-refractivity contribution in [1.82, 2.24) is 0 Å². The molecule has 0 radical (unpaired) electrons. The molecule has 1 aliphatic rings. The van der Waals surface area contributed by atoms with Crippen LogP contribution in [0.25, 0.3) is 0 Å². The van der Waals surface area contributed by atoms with E-state index in [0.717, 1.165) is 41.2 Å². The maximum absolute atomic E-state index is 12.1. The van der Waals surface area contributed by atoms with Crippen LogP contribution in [0.4, 0.5) is 5.69 Å². The molecular weight excluding hydrogens is 338 g/mol. The molecule has 5 nitrogen and oxygen atoms in total. The zero-order chi connectivity index (χ0) is 17.6. The predicted molar refractivity (Wildman–Crippen MR) is 97.5 cm³/mol. The molecule has 1 unspecified atom stereocenters. The van der Waals surface area contributed by atoms with Crippen LogP contribution in [0.5, 0.6) is 11.5 Å². The molecule has 6 heteroatoms. The van der Waals surface area contributed by atoms with E-state index in [1.165, 1.54) is 0 Å². The molecule has 132 valence electrons. The van der Waals surface area contributed by atoms with Crippen LogP contribution in [0.15, 0.2) is 47.4 Å². The average Bonchev–Trinajstić information content (AvgIpc) is 2.62. The molecule has 0 spiro atoms. The van der Waals surface area contributed by atoms with E-state index in [1.807, 2.05) is 18.2 Å². The number of phenolic OH excluding ortho intramolecular Hbond substituents is 1. The van der Waals surface area contributed by atoms with Gasteiger partial charge in [0.15, 0.2) is 0 Å². The highest BCUT2D eigenvalue weighted by atomic mass is 32.2. The van der Waals surface area contributed by atoms with Gasteiger partial charge < -0.3 is 15.2 Å². The topological polar surface area (TPSA) is 75.6 Å². The summed E-state index contributed by atoms with van der Waals surface area (Å²) >= 11 is 0. The summed E-state index contributed by atoms with van der Waals surface area (Å²) in [5.41, 5.74) is 1.97. The maximum Gasteiger partial charge on any atom is 0.224 e. The normalized spacial score (nSPS) is 14.5. The number of benzene rings is 2. The first kappa shape index (κ1) is 17.5. The van der Waals surface area contributed by atoms with Crippen molar-refractivity contribution in [3.63, 3.8) is 0 Å². The summed E-state index contributed by atoms with van der Waals surface area (Å²) < 4.78 is 17.9. The fourth-order valence-corrected chi connectivity index (χ4v) is 3.83. The minimum Gasteiger partial charge on any atom is -0.508 e. The van der Waals surface area contributed by atoms with Gasteiger partial charge in [0.2, 0.25) is 5.91 Å². The molecule has 3 rings (SSSR count). The Morgan fingerprint density at radius 2 is 1.88 bits per heavy atom. The average molecular weight is 359 g/mol. The number of nitrogens with one attached hydrogen (secondary N) is 1. The Morgan fingerprint density at radius 1 is 1.08 bits per heavy atom. The number of aromatic hydroxyl groups is 1. The summed E-state index contributed by atoms with van der Waals surface area (Å²) in [5, 5.41) is 12.1. The van der Waals surface area contributed by atoms with E-state index < -0.39 is 10.8 Å². The molecular formula is C19H21NO4S. The number of anilines is 1. The third kappa shape index (κ3) is 4.82. The van der Waals surface area contributed by atoms with Gasteiger partial charge in [-0.3, -0.25) is 9.00 Å². The van der Waals surface area contributed by atoms with E-state index >= 15 is 0 Å². The number of fused-ring (bicyclic) bond motifs is 1. The number of ether oxygens (including phenoxy) is 1. The monoisotopic (exact) mass is 359 g/mol. The third-order valence-electron chi connectivity index (χ3n) is 4.06. The van der Waals surface area contributed by atoms with Crippen LogP contribution in [0, 0.1) is 0 Å². The summed E-state index contributed by atoms with van der Waals surface area (Å²) in [7, 11) is -1.05. The van der Waals surface area contributed by atoms with Crippen molar-refractivity contribution < 1.29 is 18.8 Å². The summed E-state index contributed by atoms with van der Waals surface area (Å²) in [4.78, 5) is 12.1. The number of carbonyl (C=O) groups excluding carboxylic acids is 1. The Hall–Kier alpha value is -2.34. The molecule has 1 heterocycles. The molecule has 0 aliphatic carbocycles. The highest BCUT2D eigenvalue weighted by Crippen LogP contribution is 2.26. The zero-order valence-corrected chi connectivity index (χ0v) is 14.7. The van der Waals surface area contributed by atoms with Gasteiger partial charge in [-0.2, -0.15) is 0 Å². The highest BCUT2D eigenvalue weighted by molar-refractivity contribution is 7.85. The van der Waals surface area contributed by atoms with Crippen molar-refractivity contribution in [1.29, 1.82) is 0 Å². The van der Waals surface area contributed by atoms with Crippen LogP contribution in [-0.2, 0) is 22.0 Å². The zero-order valence-electron chi connectivity index (χ0n) is 13.9. The van der Waals surface area contributed by atoms with Gasteiger partial charge in [0, 0.05) is 22.8 Å². The smallest absolute Gasteiger partial charge is 0.224 e. The molecule has 2 aromatic carbocycles. The standard InChI is InChI=1S/C19H21NO4S/c21-15-4-7-17(8-5-15)25(23)12-2-1-11-24-16-6-9-18-14(13-16)3-10-19(22)20-18/h4-9,13,21H,1-3,10-12H2,(H,20,22). The van der Waals surface area contributed by atoms with Crippen molar-refractivity contribution in [2.24, 2.45) is 0 Å². The lowest BCUT2D eigenvalue weighted by Gasteiger charge is -2.17. The number of carbonyl (C=O) groups is 1. The minimum atomic E-state index is -1.05. The highest BCUT2D eigenvalue weighted by Gasteiger charge is 2.14. The number of hydrogen-bond acceptors (Lipinski definition) is 4. The van der Waals surface area contributed by atoms with Crippen LogP contribution < -0.4 is 10.1 Å². The van der Waals surface area contributed by atoms with Crippen molar-refractivity contribution >= 4 is 22.4 Å². The molecule has 1 aliphatic heterocycles. The van der Waals surface area contributed by atoms with Crippen LogP contribution >= 0.6 is 0 Å². The van der Waals surface area contributed by atoms with Crippen molar-refractivity contribution in [3.05, 3.63) is 48.0 Å². The lowest BCUT2D eigenvalue weighted by molar-refractivity contribution is -0.116. The Kier molecular flexibility index (Phi) is 5.71. The quantitative estimate of drug-likeness (QED) is 0.744. The molecule has 0 aromatic heterocycles. The van der Waals surface area contributed by atoms with Crippen LogP contribution in [-0.4, -0.2) is 27.6 Å². The summed E-state index contributed by atoms with van der Waals surface area (Å²) in [6.07, 6.45) is 2.87. The molecule has 0 saturated carbocycles. The van der Waals surface area contributed by atoms with E-state index in [-0.39, 0.29) is 11.7 Å². The number of phenols is 1. The molecule has 0 saturated heterocycles. The predicted octanol–water partition coefficient (Wildman–Crippen LogP) is 3.24. The van der Waals surface area contributed by atoms with E-state index in [9.17, 15) is 14.1 Å². The van der Waals surface area contributed by atoms with Gasteiger partial charge in [-0.05, 0) is 67.3 Å². The third-order valence-corrected chi connectivity index (χ3v) is 5.52. The number of aryl methyl sites for hydroxylation is 1. The minimum absolute atomic E-state index is 0.0581. The van der Waals surface area contributed by atoms with Crippen molar-refractivity contribution in [2.75, 3.05) is 17.7 Å². The first-order valence-corrected chi connectivity index (χ1v) is 9.67. The molecule has 1 atom stereocenters. The fourth-order valence-electron chi connectivity index (χ4n) is 2.69. The Labute approximate surface area is 149 Å². The second kappa shape index (κ2) is 8.16. The molecule has 0 bridgehead atoms. The van der Waals surface area contributed by atoms with Gasteiger partial charge in [0.05, 0.1) is 17.4 Å². The lowest BCUT2D eigenvalue weighted by Crippen LogP contribution is -2.18. The Bertz CT molecular complexity index is 773. The molecule has 1 amide bonds. The van der Waals surface area contributed by atoms with Crippen LogP contribution in [0.1, 0.15) is 24.8 Å². The number of amides is 1. The number of unbranched alkanes of at least 4 members (excludes halogenated alkanes) is 1. The van der Waals surface area contributed by atoms with Crippen LogP contribution in [0.3, 0.4) is 0 Å². The lowest BCUT2D eigenvalue weighted by atomic mass is 10.0. The molecule has 2 aromatic rings. The van der Waals surface area contributed by atoms with Gasteiger partial charge in [0.25, 0.3) is 0 Å². The van der Waals surface area contributed by atoms with Gasteiger partial charge in [-0.1, -0.05) is 0 Å². The number of hydrogen-bond donors (Lipinski definition) is 2. The summed E-state index contributed by atoms with van der Waals surface area (Å²) in [5.74, 6) is 1.61. The van der Waals surface area contributed by atoms with Crippen LogP contribution in [0.2, 0.25) is 0 Å². The first-order chi connectivity index (χ1) is 12.1. The Balaban J connectivity index is 1.41. The van der Waals surface area contributed by atoms with E-state index in [0.29, 0.717) is 18.8 Å². The molecule has 0 fully saturated rings. The maximum atomic E-state index is 12.1. The van der Waals surface area contributed by atoms with E-state index in [1.54, 1.807) is 24.3 Å². The fraction of sp³-hybridized carbons (Fsp3) is 0.316. The first-order valence-electron chi connectivity index (χ1n) is 8.35. The van der Waals surface area contributed by atoms with Gasteiger partial charge in [-0.15, -0.1) is 0 Å². The van der Waals surface area contributed by atoms with Gasteiger partial charge >= 0.3 is 0 Å².